The van der Waals surface area contributed by atoms with Crippen molar-refractivity contribution in [2.75, 3.05) is 18.4 Å². The third-order valence-corrected chi connectivity index (χ3v) is 5.93. The van der Waals surface area contributed by atoms with Crippen molar-refractivity contribution < 1.29 is 5.11 Å². The Hall–Kier alpha value is -1.70. The van der Waals surface area contributed by atoms with E-state index in [4.69, 9.17) is 11.6 Å². The van der Waals surface area contributed by atoms with Crippen LogP contribution in [-0.4, -0.2) is 55.4 Å². The minimum absolute atomic E-state index is 0.0223. The highest BCUT2D eigenvalue weighted by atomic mass is 35.5. The van der Waals surface area contributed by atoms with Crippen molar-refractivity contribution in [2.45, 2.75) is 38.5 Å². The van der Waals surface area contributed by atoms with Crippen LogP contribution in [0.5, 0.6) is 0 Å². The number of H-pyrrole nitrogens is 1. The van der Waals surface area contributed by atoms with Gasteiger partial charge in [-0.05, 0) is 31.6 Å². The molecule has 0 bridgehead atoms. The standard InChI is InChI=1S/C17H23ClN6O/c1-10-17(18)14(23-22-10)9-24-7-11-4-13(15(25)5-12(11)8-24)21-16-6-19-2-3-20-16/h2-3,6,11-13,15,25H,4-5,7-9H2,1H3,(H,20,21)(H,22,23)/t11-,12+,13-,15-/m1/s1. The minimum atomic E-state index is -0.362. The lowest BCUT2D eigenvalue weighted by Crippen LogP contribution is -2.43. The molecule has 2 fully saturated rings. The Bertz CT molecular complexity index is 723. The average molecular weight is 363 g/mol. The molecule has 0 amide bonds. The number of nitrogens with zero attached hydrogens (tertiary/aromatic N) is 4. The Morgan fingerprint density at radius 3 is 2.80 bits per heavy atom. The highest BCUT2D eigenvalue weighted by Gasteiger charge is 2.42. The molecule has 0 unspecified atom stereocenters. The molecule has 25 heavy (non-hydrogen) atoms. The van der Waals surface area contributed by atoms with Gasteiger partial charge in [0.25, 0.3) is 0 Å². The minimum Gasteiger partial charge on any atom is -0.391 e. The summed E-state index contributed by atoms with van der Waals surface area (Å²) in [5.74, 6) is 1.81. The summed E-state index contributed by atoms with van der Waals surface area (Å²) in [6, 6.07) is 0.0223. The summed E-state index contributed by atoms with van der Waals surface area (Å²) in [6.07, 6.45) is 6.39. The largest absolute Gasteiger partial charge is 0.391 e. The molecule has 0 spiro atoms. The number of aromatic amines is 1. The van der Waals surface area contributed by atoms with Crippen LogP contribution in [0.15, 0.2) is 18.6 Å². The summed E-state index contributed by atoms with van der Waals surface area (Å²) in [5, 5.41) is 21.9. The third-order valence-electron chi connectivity index (χ3n) is 5.43. The summed E-state index contributed by atoms with van der Waals surface area (Å²) in [5.41, 5.74) is 1.82. The first-order valence-corrected chi connectivity index (χ1v) is 9.10. The van der Waals surface area contributed by atoms with E-state index >= 15 is 0 Å². The van der Waals surface area contributed by atoms with E-state index in [0.29, 0.717) is 11.8 Å². The first kappa shape index (κ1) is 16.8. The van der Waals surface area contributed by atoms with Gasteiger partial charge in [-0.25, -0.2) is 4.98 Å². The summed E-state index contributed by atoms with van der Waals surface area (Å²) in [4.78, 5) is 10.7. The average Bonchev–Trinajstić information content (AvgIpc) is 3.13. The van der Waals surface area contributed by atoms with Gasteiger partial charge >= 0.3 is 0 Å². The van der Waals surface area contributed by atoms with Crippen molar-refractivity contribution >= 4 is 17.4 Å². The van der Waals surface area contributed by atoms with Crippen LogP contribution in [0.1, 0.15) is 24.2 Å². The smallest absolute Gasteiger partial charge is 0.144 e. The number of nitrogens with one attached hydrogen (secondary N) is 2. The molecule has 1 aliphatic carbocycles. The molecule has 0 aromatic carbocycles. The molecule has 1 saturated heterocycles. The van der Waals surface area contributed by atoms with Crippen molar-refractivity contribution in [1.82, 2.24) is 25.1 Å². The predicted molar refractivity (Wildman–Crippen MR) is 95.3 cm³/mol. The van der Waals surface area contributed by atoms with Crippen LogP contribution in [0.25, 0.3) is 0 Å². The van der Waals surface area contributed by atoms with Crippen molar-refractivity contribution in [2.24, 2.45) is 11.8 Å². The normalized spacial score (nSPS) is 29.6. The number of halogens is 1. The molecule has 8 heteroatoms. The Balaban J connectivity index is 1.39. The quantitative estimate of drug-likeness (QED) is 0.769. The van der Waals surface area contributed by atoms with Crippen LogP contribution in [0.3, 0.4) is 0 Å². The number of anilines is 1. The predicted octanol–water partition coefficient (Wildman–Crippen LogP) is 1.84. The fraction of sp³-hybridized carbons (Fsp3) is 0.588. The van der Waals surface area contributed by atoms with Gasteiger partial charge in [0.1, 0.15) is 5.82 Å². The number of rotatable bonds is 4. The van der Waals surface area contributed by atoms with Crippen LogP contribution >= 0.6 is 11.6 Å². The second-order valence-electron chi connectivity index (χ2n) is 7.20. The lowest BCUT2D eigenvalue weighted by molar-refractivity contribution is 0.0735. The number of aliphatic hydroxyl groups is 1. The zero-order valence-electron chi connectivity index (χ0n) is 14.2. The van der Waals surface area contributed by atoms with E-state index in [1.165, 1.54) is 0 Å². The van der Waals surface area contributed by atoms with Crippen molar-refractivity contribution in [1.29, 1.82) is 0 Å². The number of likely N-dealkylation sites (tertiary alicyclic amines) is 1. The molecule has 1 saturated carbocycles. The lowest BCUT2D eigenvalue weighted by Gasteiger charge is -2.35. The number of fused-ring (bicyclic) bond motifs is 1. The zero-order valence-corrected chi connectivity index (χ0v) is 14.9. The number of aryl methyl sites for hydroxylation is 1. The van der Waals surface area contributed by atoms with Gasteiger partial charge in [0.15, 0.2) is 0 Å². The molecular weight excluding hydrogens is 340 g/mol. The van der Waals surface area contributed by atoms with Crippen molar-refractivity contribution in [3.8, 4) is 0 Å². The second kappa shape index (κ2) is 6.90. The van der Waals surface area contributed by atoms with Crippen LogP contribution < -0.4 is 5.32 Å². The van der Waals surface area contributed by atoms with Gasteiger partial charge in [0, 0.05) is 32.0 Å². The number of aromatic nitrogens is 4. The summed E-state index contributed by atoms with van der Waals surface area (Å²) < 4.78 is 0. The topological polar surface area (TPSA) is 90.0 Å². The number of aliphatic hydroxyl groups excluding tert-OH is 1. The zero-order chi connectivity index (χ0) is 17.4. The van der Waals surface area contributed by atoms with Gasteiger partial charge in [-0.2, -0.15) is 5.10 Å². The van der Waals surface area contributed by atoms with E-state index in [1.54, 1.807) is 18.6 Å². The lowest BCUT2D eigenvalue weighted by atomic mass is 9.77. The monoisotopic (exact) mass is 362 g/mol. The van der Waals surface area contributed by atoms with Crippen LogP contribution in [0.4, 0.5) is 5.82 Å². The molecule has 2 aliphatic rings. The SMILES string of the molecule is Cc1[nH]nc(CN2C[C@H]3C[C@@H](Nc4cnccn4)[C@H](O)C[C@H]3C2)c1Cl. The van der Waals surface area contributed by atoms with Gasteiger partial charge in [0.05, 0.1) is 34.8 Å². The molecule has 4 atom stereocenters. The van der Waals surface area contributed by atoms with Gasteiger partial charge in [-0.15, -0.1) is 0 Å². The van der Waals surface area contributed by atoms with Gasteiger partial charge in [0.2, 0.25) is 0 Å². The Labute approximate surface area is 151 Å². The molecule has 2 aromatic heterocycles. The molecule has 7 nitrogen and oxygen atoms in total. The maximum absolute atomic E-state index is 10.5. The molecule has 4 rings (SSSR count). The van der Waals surface area contributed by atoms with E-state index in [1.807, 2.05) is 6.92 Å². The number of hydrogen-bond donors (Lipinski definition) is 3. The fourth-order valence-electron chi connectivity index (χ4n) is 4.16. The van der Waals surface area contributed by atoms with E-state index in [-0.39, 0.29) is 12.1 Å². The van der Waals surface area contributed by atoms with Crippen molar-refractivity contribution in [3.63, 3.8) is 0 Å². The highest BCUT2D eigenvalue weighted by molar-refractivity contribution is 6.31. The van der Waals surface area contributed by atoms with E-state index in [0.717, 1.165) is 54.7 Å². The van der Waals surface area contributed by atoms with Crippen LogP contribution in [0, 0.1) is 18.8 Å². The Morgan fingerprint density at radius 2 is 2.12 bits per heavy atom. The fourth-order valence-corrected chi connectivity index (χ4v) is 4.30. The maximum atomic E-state index is 10.5. The molecule has 134 valence electrons. The Kier molecular flexibility index (Phi) is 4.62. The Morgan fingerprint density at radius 1 is 1.32 bits per heavy atom. The first-order valence-electron chi connectivity index (χ1n) is 8.72. The number of hydrogen-bond acceptors (Lipinski definition) is 6. The van der Waals surface area contributed by atoms with Crippen LogP contribution in [-0.2, 0) is 6.54 Å². The molecule has 1 aliphatic heterocycles. The first-order chi connectivity index (χ1) is 12.1. The van der Waals surface area contributed by atoms with Gasteiger partial charge in [-0.3, -0.25) is 15.0 Å². The third kappa shape index (κ3) is 3.49. The summed E-state index contributed by atoms with van der Waals surface area (Å²) in [6.45, 7) is 4.69. The molecule has 3 heterocycles. The van der Waals surface area contributed by atoms with Crippen LogP contribution in [0.2, 0.25) is 5.02 Å². The van der Waals surface area contributed by atoms with E-state index < -0.39 is 0 Å². The van der Waals surface area contributed by atoms with E-state index in [9.17, 15) is 5.11 Å². The second-order valence-corrected chi connectivity index (χ2v) is 7.58. The molecule has 2 aromatic rings. The highest BCUT2D eigenvalue weighted by Crippen LogP contribution is 2.38. The summed E-state index contributed by atoms with van der Waals surface area (Å²) in [7, 11) is 0. The van der Waals surface area contributed by atoms with E-state index in [2.05, 4.69) is 30.4 Å². The van der Waals surface area contributed by atoms with Crippen molar-refractivity contribution in [3.05, 3.63) is 35.0 Å². The molecule has 3 N–H and O–H groups in total. The van der Waals surface area contributed by atoms with Gasteiger partial charge < -0.3 is 10.4 Å². The van der Waals surface area contributed by atoms with Gasteiger partial charge in [-0.1, -0.05) is 11.6 Å². The summed E-state index contributed by atoms with van der Waals surface area (Å²) >= 11 is 6.29. The maximum Gasteiger partial charge on any atom is 0.144 e. The molecular formula is C17H23ClN6O. The molecule has 0 radical (unpaired) electrons.